The molecule has 0 fully saturated rings. The van der Waals surface area contributed by atoms with Gasteiger partial charge in [-0.25, -0.2) is 4.79 Å². The Balaban J connectivity index is 1.83. The molecule has 0 spiro atoms. The molecule has 0 saturated heterocycles. The fourth-order valence-corrected chi connectivity index (χ4v) is 4.16. The number of allylic oxidation sites excluding steroid dienone is 1. The number of esters is 1. The number of methoxy groups -OCH3 is 2. The molecule has 0 bridgehead atoms. The first-order chi connectivity index (χ1) is 14.5. The van der Waals surface area contributed by atoms with E-state index < -0.39 is 6.04 Å². The maximum absolute atomic E-state index is 12.8. The van der Waals surface area contributed by atoms with Gasteiger partial charge in [0.15, 0.2) is 5.11 Å². The second kappa shape index (κ2) is 8.16. The Morgan fingerprint density at radius 2 is 1.70 bits per heavy atom. The first kappa shape index (κ1) is 19.9. The number of carbonyl (C=O) groups excluding carboxylic acids is 1. The number of thiocarbonyl (C=S) groups is 1. The monoisotopic (exact) mass is 418 g/mol. The summed E-state index contributed by atoms with van der Waals surface area (Å²) in [5.74, 6) is 0.417. The summed E-state index contributed by atoms with van der Waals surface area (Å²) in [6.45, 7) is 1.89. The Labute approximate surface area is 180 Å². The Bertz CT molecular complexity index is 1160. The van der Waals surface area contributed by atoms with Gasteiger partial charge in [0.1, 0.15) is 5.75 Å². The summed E-state index contributed by atoms with van der Waals surface area (Å²) in [6, 6.07) is 21.3. The quantitative estimate of drug-likeness (QED) is 0.488. The van der Waals surface area contributed by atoms with Gasteiger partial charge in [-0.3, -0.25) is 4.90 Å². The summed E-state index contributed by atoms with van der Waals surface area (Å²) in [5, 5.41) is 5.98. The van der Waals surface area contributed by atoms with Gasteiger partial charge in [0.25, 0.3) is 0 Å². The van der Waals surface area contributed by atoms with Gasteiger partial charge in [0.05, 0.1) is 25.8 Å². The van der Waals surface area contributed by atoms with Gasteiger partial charge < -0.3 is 14.8 Å². The van der Waals surface area contributed by atoms with Crippen molar-refractivity contribution >= 4 is 39.8 Å². The Morgan fingerprint density at radius 1 is 1.00 bits per heavy atom. The van der Waals surface area contributed by atoms with Crippen molar-refractivity contribution in [2.75, 3.05) is 19.1 Å². The number of nitrogens with zero attached hydrogens (tertiary/aromatic N) is 1. The van der Waals surface area contributed by atoms with Crippen molar-refractivity contribution in [3.05, 3.63) is 83.6 Å². The number of carbonyl (C=O) groups is 1. The number of hydrogen-bond donors (Lipinski definition) is 1. The first-order valence-corrected chi connectivity index (χ1v) is 9.96. The third-order valence-corrected chi connectivity index (χ3v) is 5.61. The van der Waals surface area contributed by atoms with Gasteiger partial charge in [0.2, 0.25) is 0 Å². The molecule has 3 aromatic carbocycles. The molecule has 0 amide bonds. The minimum Gasteiger partial charge on any atom is -0.497 e. The minimum atomic E-state index is -0.406. The van der Waals surface area contributed by atoms with Crippen molar-refractivity contribution in [1.82, 2.24) is 5.32 Å². The van der Waals surface area contributed by atoms with Crippen LogP contribution in [-0.4, -0.2) is 25.3 Å². The lowest BCUT2D eigenvalue weighted by molar-refractivity contribution is -0.136. The van der Waals surface area contributed by atoms with Crippen LogP contribution in [0.4, 0.5) is 5.69 Å². The molecule has 0 aromatic heterocycles. The molecule has 1 N–H and O–H groups in total. The maximum Gasteiger partial charge on any atom is 0.337 e. The van der Waals surface area contributed by atoms with Crippen LogP contribution < -0.4 is 15.0 Å². The molecule has 5 nitrogen and oxygen atoms in total. The number of nitrogens with one attached hydrogen (secondary N) is 1. The summed E-state index contributed by atoms with van der Waals surface area (Å²) < 4.78 is 10.4. The molecule has 4 rings (SSSR count). The summed E-state index contributed by atoms with van der Waals surface area (Å²) in [5.41, 5.74) is 3.10. The standard InChI is InChI=1S/C24H22N2O3S/c1-15-21(23(27)29-3)22(25-24(30)26(15)19-7-5-4-6-8-19)18-10-9-17-14-20(28-2)12-11-16(17)13-18/h4-14,22H,1-3H3,(H,25,30)/t22-/m0/s1. The van der Waals surface area contributed by atoms with E-state index in [2.05, 4.69) is 11.4 Å². The molecule has 1 heterocycles. The lowest BCUT2D eigenvalue weighted by atomic mass is 9.93. The van der Waals surface area contributed by atoms with E-state index in [0.717, 1.165) is 33.5 Å². The first-order valence-electron chi connectivity index (χ1n) is 9.56. The van der Waals surface area contributed by atoms with Crippen molar-refractivity contribution in [3.63, 3.8) is 0 Å². The zero-order valence-electron chi connectivity index (χ0n) is 17.0. The molecular formula is C24H22N2O3S. The summed E-state index contributed by atoms with van der Waals surface area (Å²) >= 11 is 5.68. The summed E-state index contributed by atoms with van der Waals surface area (Å²) in [7, 11) is 3.04. The third-order valence-electron chi connectivity index (χ3n) is 5.31. The topological polar surface area (TPSA) is 50.8 Å². The van der Waals surface area contributed by atoms with E-state index in [1.807, 2.05) is 72.5 Å². The normalized spacial score (nSPS) is 16.4. The van der Waals surface area contributed by atoms with E-state index in [1.165, 1.54) is 7.11 Å². The van der Waals surface area contributed by atoms with Crippen LogP contribution in [0.25, 0.3) is 10.8 Å². The fourth-order valence-electron chi connectivity index (χ4n) is 3.80. The number of fused-ring (bicyclic) bond motifs is 1. The van der Waals surface area contributed by atoms with Crippen molar-refractivity contribution in [3.8, 4) is 5.75 Å². The van der Waals surface area contributed by atoms with Crippen molar-refractivity contribution in [1.29, 1.82) is 0 Å². The van der Waals surface area contributed by atoms with Crippen LogP contribution in [0.3, 0.4) is 0 Å². The molecule has 0 saturated carbocycles. The molecule has 1 atom stereocenters. The second-order valence-corrected chi connectivity index (χ2v) is 7.40. The van der Waals surface area contributed by atoms with E-state index in [4.69, 9.17) is 21.7 Å². The van der Waals surface area contributed by atoms with Crippen LogP contribution in [0.1, 0.15) is 18.5 Å². The average Bonchev–Trinajstić information content (AvgIpc) is 2.78. The van der Waals surface area contributed by atoms with E-state index in [9.17, 15) is 4.79 Å². The van der Waals surface area contributed by atoms with Crippen LogP contribution in [0.5, 0.6) is 5.75 Å². The van der Waals surface area contributed by atoms with Crippen molar-refractivity contribution < 1.29 is 14.3 Å². The maximum atomic E-state index is 12.8. The largest absolute Gasteiger partial charge is 0.497 e. The van der Waals surface area contributed by atoms with Crippen LogP contribution in [0, 0.1) is 0 Å². The smallest absolute Gasteiger partial charge is 0.337 e. The Morgan fingerprint density at radius 3 is 2.40 bits per heavy atom. The predicted octanol–water partition coefficient (Wildman–Crippen LogP) is 4.73. The van der Waals surface area contributed by atoms with Gasteiger partial charge in [-0.05, 0) is 65.8 Å². The average molecular weight is 419 g/mol. The van der Waals surface area contributed by atoms with Crippen molar-refractivity contribution in [2.24, 2.45) is 0 Å². The fraction of sp³-hybridized carbons (Fsp3) is 0.167. The number of para-hydroxylation sites is 1. The molecular weight excluding hydrogens is 396 g/mol. The van der Waals surface area contributed by atoms with Gasteiger partial charge in [-0.1, -0.05) is 36.4 Å². The third kappa shape index (κ3) is 3.50. The lowest BCUT2D eigenvalue weighted by Gasteiger charge is -2.37. The molecule has 3 aromatic rings. The van der Waals surface area contributed by atoms with Crippen molar-refractivity contribution in [2.45, 2.75) is 13.0 Å². The highest BCUT2D eigenvalue weighted by Crippen LogP contribution is 2.35. The van der Waals surface area contributed by atoms with Crippen LogP contribution in [-0.2, 0) is 9.53 Å². The van der Waals surface area contributed by atoms with E-state index in [1.54, 1.807) is 7.11 Å². The Kier molecular flexibility index (Phi) is 5.42. The molecule has 1 aliphatic rings. The molecule has 0 unspecified atom stereocenters. The SMILES string of the molecule is COC(=O)C1=C(C)N(c2ccccc2)C(=S)N[C@H]1c1ccc2cc(OC)ccc2c1. The number of hydrogen-bond acceptors (Lipinski definition) is 4. The second-order valence-electron chi connectivity index (χ2n) is 7.02. The molecule has 152 valence electrons. The number of anilines is 1. The molecule has 0 radical (unpaired) electrons. The van der Waals surface area contributed by atoms with Gasteiger partial charge in [0, 0.05) is 11.4 Å². The van der Waals surface area contributed by atoms with E-state index in [-0.39, 0.29) is 5.97 Å². The van der Waals surface area contributed by atoms with E-state index in [0.29, 0.717) is 10.7 Å². The molecule has 30 heavy (non-hydrogen) atoms. The highest BCUT2D eigenvalue weighted by atomic mass is 32.1. The van der Waals surface area contributed by atoms with Crippen LogP contribution in [0.2, 0.25) is 0 Å². The van der Waals surface area contributed by atoms with Crippen LogP contribution >= 0.6 is 12.2 Å². The molecule has 1 aliphatic heterocycles. The van der Waals surface area contributed by atoms with Gasteiger partial charge in [-0.2, -0.15) is 0 Å². The zero-order valence-corrected chi connectivity index (χ0v) is 17.8. The zero-order chi connectivity index (χ0) is 21.3. The van der Waals surface area contributed by atoms with E-state index >= 15 is 0 Å². The number of rotatable bonds is 4. The minimum absolute atomic E-state index is 0.386. The highest BCUT2D eigenvalue weighted by molar-refractivity contribution is 7.80. The number of benzene rings is 3. The summed E-state index contributed by atoms with van der Waals surface area (Å²) in [6.07, 6.45) is 0. The van der Waals surface area contributed by atoms with Gasteiger partial charge >= 0.3 is 5.97 Å². The molecule has 0 aliphatic carbocycles. The number of ether oxygens (including phenoxy) is 2. The molecule has 6 heteroatoms. The predicted molar refractivity (Wildman–Crippen MR) is 123 cm³/mol. The summed E-state index contributed by atoms with van der Waals surface area (Å²) in [4.78, 5) is 14.7. The van der Waals surface area contributed by atoms with Gasteiger partial charge in [-0.15, -0.1) is 0 Å². The Hall–Kier alpha value is -3.38. The highest BCUT2D eigenvalue weighted by Gasteiger charge is 2.35. The lowest BCUT2D eigenvalue weighted by Crippen LogP contribution is -2.48. The van der Waals surface area contributed by atoms with Crippen LogP contribution in [0.15, 0.2) is 78.0 Å².